The molecule has 8 nitrogen and oxygen atoms in total. The minimum Gasteiger partial charge on any atom is -0.497 e. The molecule has 1 aliphatic heterocycles. The number of β-amino-alcohol motifs (C(OH)–C–C–N with tert-alkyl or cyclic N) is 1. The van der Waals surface area contributed by atoms with Crippen LogP contribution in [0.1, 0.15) is 12.0 Å². The van der Waals surface area contributed by atoms with Crippen LogP contribution in [0.2, 0.25) is 0 Å². The molecule has 144 valence electrons. The minimum absolute atomic E-state index is 0.0129. The van der Waals surface area contributed by atoms with E-state index in [2.05, 4.69) is 5.32 Å². The molecule has 2 N–H and O–H groups in total. The Morgan fingerprint density at radius 2 is 2.04 bits per heavy atom. The van der Waals surface area contributed by atoms with E-state index in [4.69, 9.17) is 14.2 Å². The number of aliphatic hydroxyl groups excluding tert-OH is 1. The molecule has 0 bridgehead atoms. The number of amides is 2. The Labute approximate surface area is 153 Å². The summed E-state index contributed by atoms with van der Waals surface area (Å²) >= 11 is 0. The van der Waals surface area contributed by atoms with Gasteiger partial charge in [-0.3, -0.25) is 9.59 Å². The highest BCUT2D eigenvalue weighted by atomic mass is 16.5. The summed E-state index contributed by atoms with van der Waals surface area (Å²) in [4.78, 5) is 25.7. The predicted octanol–water partition coefficient (Wildman–Crippen LogP) is -0.0293. The Balaban J connectivity index is 1.91. The van der Waals surface area contributed by atoms with Crippen molar-refractivity contribution >= 4 is 11.8 Å². The molecule has 2 atom stereocenters. The molecule has 0 spiro atoms. The Morgan fingerprint density at radius 1 is 1.27 bits per heavy atom. The summed E-state index contributed by atoms with van der Waals surface area (Å²) in [5.41, 5.74) is 0.730. The highest BCUT2D eigenvalue weighted by molar-refractivity contribution is 5.80. The molecule has 1 aliphatic rings. The Morgan fingerprint density at radius 3 is 2.65 bits per heavy atom. The smallest absolute Gasteiger partial charge is 0.248 e. The van der Waals surface area contributed by atoms with E-state index < -0.39 is 12.1 Å². The second-order valence-electron chi connectivity index (χ2n) is 6.16. The third kappa shape index (κ3) is 5.09. The number of piperidine rings is 1. The van der Waals surface area contributed by atoms with Crippen molar-refractivity contribution in [2.24, 2.45) is 0 Å². The summed E-state index contributed by atoms with van der Waals surface area (Å²) in [6.07, 6.45) is -0.198. The molecule has 1 aromatic rings. The van der Waals surface area contributed by atoms with Crippen molar-refractivity contribution in [3.8, 4) is 11.5 Å². The molecule has 0 saturated carbocycles. The molecule has 2 amide bonds. The highest BCUT2D eigenvalue weighted by Crippen LogP contribution is 2.25. The normalized spacial score (nSPS) is 19.8. The fourth-order valence-corrected chi connectivity index (χ4v) is 2.97. The summed E-state index contributed by atoms with van der Waals surface area (Å²) in [5.74, 6) is 0.836. The van der Waals surface area contributed by atoms with Gasteiger partial charge in [0.05, 0.1) is 32.8 Å². The lowest BCUT2D eigenvalue weighted by Crippen LogP contribution is -2.56. The zero-order valence-electron chi connectivity index (χ0n) is 15.4. The molecule has 8 heteroatoms. The summed E-state index contributed by atoms with van der Waals surface area (Å²) in [6, 6.07) is 4.87. The number of ether oxygens (including phenoxy) is 3. The Hall–Kier alpha value is -2.32. The minimum atomic E-state index is -0.814. The van der Waals surface area contributed by atoms with E-state index in [-0.39, 0.29) is 31.4 Å². The standard InChI is InChI=1S/C18H26N2O6/c1-24-11-18(23)20-7-6-14(15(21)10-20)19-17(22)8-12-4-5-13(25-2)9-16(12)26-3/h4-5,9,14-15,21H,6-8,10-11H2,1-3H3,(H,19,22)/t14-,15-/m1/s1. The zero-order valence-corrected chi connectivity index (χ0v) is 15.4. The largest absolute Gasteiger partial charge is 0.497 e. The molecule has 26 heavy (non-hydrogen) atoms. The van der Waals surface area contributed by atoms with Gasteiger partial charge in [-0.25, -0.2) is 0 Å². The number of nitrogens with zero attached hydrogens (tertiary/aromatic N) is 1. The number of aliphatic hydroxyl groups is 1. The van der Waals surface area contributed by atoms with E-state index in [0.29, 0.717) is 24.5 Å². The van der Waals surface area contributed by atoms with Crippen LogP contribution in [-0.4, -0.2) is 75.0 Å². The third-order valence-corrected chi connectivity index (χ3v) is 4.39. The van der Waals surface area contributed by atoms with Crippen LogP contribution in [-0.2, 0) is 20.7 Å². The van der Waals surface area contributed by atoms with Gasteiger partial charge in [0.2, 0.25) is 11.8 Å². The van der Waals surface area contributed by atoms with Crippen molar-refractivity contribution in [3.05, 3.63) is 23.8 Å². The molecular formula is C18H26N2O6. The molecular weight excluding hydrogens is 340 g/mol. The lowest BCUT2D eigenvalue weighted by Gasteiger charge is -2.36. The maximum Gasteiger partial charge on any atom is 0.248 e. The van der Waals surface area contributed by atoms with Crippen molar-refractivity contribution in [2.75, 3.05) is 41.0 Å². The number of carbonyl (C=O) groups excluding carboxylic acids is 2. The first kappa shape index (κ1) is 20.0. The summed E-state index contributed by atoms with van der Waals surface area (Å²) in [7, 11) is 4.55. The average Bonchev–Trinajstić information content (AvgIpc) is 2.63. The van der Waals surface area contributed by atoms with Crippen molar-refractivity contribution in [2.45, 2.75) is 25.0 Å². The van der Waals surface area contributed by atoms with Gasteiger partial charge in [-0.15, -0.1) is 0 Å². The van der Waals surface area contributed by atoms with Gasteiger partial charge < -0.3 is 29.5 Å². The van der Waals surface area contributed by atoms with Crippen LogP contribution in [0.25, 0.3) is 0 Å². The number of rotatable bonds is 7. The monoisotopic (exact) mass is 366 g/mol. The maximum atomic E-state index is 12.4. The molecule has 0 aliphatic carbocycles. The predicted molar refractivity (Wildman–Crippen MR) is 94.3 cm³/mol. The molecule has 1 heterocycles. The van der Waals surface area contributed by atoms with Gasteiger partial charge in [-0.2, -0.15) is 0 Å². The molecule has 1 fully saturated rings. The second kappa shape index (κ2) is 9.40. The van der Waals surface area contributed by atoms with E-state index in [1.54, 1.807) is 30.2 Å². The van der Waals surface area contributed by atoms with E-state index in [0.717, 1.165) is 5.56 Å². The number of carbonyl (C=O) groups is 2. The second-order valence-corrected chi connectivity index (χ2v) is 6.16. The first-order chi connectivity index (χ1) is 12.5. The van der Waals surface area contributed by atoms with Crippen LogP contribution >= 0.6 is 0 Å². The topological polar surface area (TPSA) is 97.3 Å². The Bertz CT molecular complexity index is 636. The number of hydrogen-bond donors (Lipinski definition) is 2. The number of hydrogen-bond acceptors (Lipinski definition) is 6. The van der Waals surface area contributed by atoms with Crippen molar-refractivity contribution in [3.63, 3.8) is 0 Å². The summed E-state index contributed by atoms with van der Waals surface area (Å²) < 4.78 is 15.3. The molecule has 2 rings (SSSR count). The fraction of sp³-hybridized carbons (Fsp3) is 0.556. The lowest BCUT2D eigenvalue weighted by molar-refractivity contribution is -0.139. The average molecular weight is 366 g/mol. The van der Waals surface area contributed by atoms with Gasteiger partial charge in [0.1, 0.15) is 18.1 Å². The van der Waals surface area contributed by atoms with Gasteiger partial charge in [0.15, 0.2) is 0 Å². The summed E-state index contributed by atoms with van der Waals surface area (Å²) in [5, 5.41) is 13.1. The lowest BCUT2D eigenvalue weighted by atomic mass is 10.0. The van der Waals surface area contributed by atoms with E-state index >= 15 is 0 Å². The van der Waals surface area contributed by atoms with Crippen LogP contribution < -0.4 is 14.8 Å². The quantitative estimate of drug-likeness (QED) is 0.703. The molecule has 1 aromatic carbocycles. The number of methoxy groups -OCH3 is 3. The van der Waals surface area contributed by atoms with Crippen LogP contribution in [0, 0.1) is 0 Å². The molecule has 1 saturated heterocycles. The molecule has 0 unspecified atom stereocenters. The molecule has 0 aromatic heterocycles. The number of benzene rings is 1. The van der Waals surface area contributed by atoms with Gasteiger partial charge in [-0.1, -0.05) is 6.07 Å². The zero-order chi connectivity index (χ0) is 19.1. The van der Waals surface area contributed by atoms with Crippen LogP contribution in [0.15, 0.2) is 18.2 Å². The van der Waals surface area contributed by atoms with Crippen LogP contribution in [0.3, 0.4) is 0 Å². The Kier molecular flexibility index (Phi) is 7.23. The van der Waals surface area contributed by atoms with E-state index in [1.807, 2.05) is 0 Å². The fourth-order valence-electron chi connectivity index (χ4n) is 2.97. The van der Waals surface area contributed by atoms with Gasteiger partial charge >= 0.3 is 0 Å². The van der Waals surface area contributed by atoms with Gasteiger partial charge in [0.25, 0.3) is 0 Å². The first-order valence-corrected chi connectivity index (χ1v) is 8.43. The third-order valence-electron chi connectivity index (χ3n) is 4.39. The van der Waals surface area contributed by atoms with Crippen molar-refractivity contribution < 1.29 is 28.9 Å². The number of likely N-dealkylation sites (tertiary alicyclic amines) is 1. The first-order valence-electron chi connectivity index (χ1n) is 8.43. The summed E-state index contributed by atoms with van der Waals surface area (Å²) in [6.45, 7) is 0.635. The molecule has 0 radical (unpaired) electrons. The number of nitrogens with one attached hydrogen (secondary N) is 1. The maximum absolute atomic E-state index is 12.4. The highest BCUT2D eigenvalue weighted by Gasteiger charge is 2.31. The van der Waals surface area contributed by atoms with Crippen LogP contribution in [0.5, 0.6) is 11.5 Å². The van der Waals surface area contributed by atoms with Crippen molar-refractivity contribution in [1.82, 2.24) is 10.2 Å². The van der Waals surface area contributed by atoms with Gasteiger partial charge in [0, 0.05) is 31.8 Å². The van der Waals surface area contributed by atoms with Gasteiger partial charge in [-0.05, 0) is 12.5 Å². The SMILES string of the molecule is COCC(=O)N1CC[C@@H](NC(=O)Cc2ccc(OC)cc2OC)[C@H](O)C1. The van der Waals surface area contributed by atoms with Crippen LogP contribution in [0.4, 0.5) is 0 Å². The van der Waals surface area contributed by atoms with Crippen molar-refractivity contribution in [1.29, 1.82) is 0 Å². The van der Waals surface area contributed by atoms with E-state index in [9.17, 15) is 14.7 Å². The van der Waals surface area contributed by atoms with E-state index in [1.165, 1.54) is 14.2 Å².